The number of nitrogens with zero attached hydrogens (tertiary/aromatic N) is 3. The molecule has 0 fully saturated rings. The van der Waals surface area contributed by atoms with E-state index in [-0.39, 0.29) is 6.71 Å². The molecule has 0 saturated carbocycles. The number of aromatic nitrogens is 2. The molecule has 14 aromatic rings. The van der Waals surface area contributed by atoms with Gasteiger partial charge in [0.2, 0.25) is 6.71 Å². The number of nitriles is 1. The first-order valence-electron chi connectivity index (χ1n) is 25.5. The van der Waals surface area contributed by atoms with E-state index < -0.39 is 0 Å². The number of hydrogen-bond acceptors (Lipinski definition) is 3. The van der Waals surface area contributed by atoms with Crippen molar-refractivity contribution in [1.82, 2.24) is 9.13 Å². The Bertz CT molecular complexity index is 4460. The van der Waals surface area contributed by atoms with Gasteiger partial charge in [-0.05, 0) is 139 Å². The standard InChI is InChI=1S/C69H40BN3S2/c71-41-42-34-44(36-46(35-42)68-55-24-6-4-22-53(55)67(43-16-2-1-3-17-43)54-23-5-7-25-56(54)68)45-37-65-69-66(38-45)75-64-40-48(73-61-28-14-10-20-51(61)52-21-11-15-29-62(52)73)31-33-58(64)70(69)57-32-30-47(39-63(57)74-65)72-59-26-12-8-18-49(59)50-19-9-13-27-60(50)72/h1-40H. The highest BCUT2D eigenvalue weighted by Crippen LogP contribution is 2.47. The molecule has 0 N–H and O–H groups in total. The molecule has 2 aliphatic heterocycles. The molecule has 0 unspecified atom stereocenters. The summed E-state index contributed by atoms with van der Waals surface area (Å²) in [4.78, 5) is 5.00. The van der Waals surface area contributed by atoms with Crippen LogP contribution in [0.1, 0.15) is 5.56 Å². The van der Waals surface area contributed by atoms with Crippen molar-refractivity contribution >= 4 is 112 Å². The lowest BCUT2D eigenvalue weighted by molar-refractivity contribution is 1.16. The Morgan fingerprint density at radius 1 is 0.320 bits per heavy atom. The van der Waals surface area contributed by atoms with Gasteiger partial charge in [0.1, 0.15) is 0 Å². The SMILES string of the molecule is N#Cc1cc(-c2cc3c4c(c2)Sc2cc(-n5c6ccccc6c6ccccc65)ccc2B4c2ccc(-n4c5ccccc5c5ccccc54)cc2S3)cc(-c2c3ccccc3c(-c3ccccc3)c3ccccc23)c1. The monoisotopic (exact) mass is 985 g/mol. The summed E-state index contributed by atoms with van der Waals surface area (Å²) in [7, 11) is 0. The quantitative estimate of drug-likeness (QED) is 0.127. The second-order valence-electron chi connectivity index (χ2n) is 19.8. The predicted molar refractivity (Wildman–Crippen MR) is 317 cm³/mol. The molecule has 75 heavy (non-hydrogen) atoms. The van der Waals surface area contributed by atoms with Gasteiger partial charge in [-0.1, -0.05) is 198 Å². The molecule has 0 saturated heterocycles. The van der Waals surface area contributed by atoms with Gasteiger partial charge in [-0.15, -0.1) is 0 Å². The van der Waals surface area contributed by atoms with Crippen LogP contribution in [0.2, 0.25) is 0 Å². The molecule has 16 rings (SSSR count). The Balaban J connectivity index is 0.911. The molecule has 0 amide bonds. The van der Waals surface area contributed by atoms with Crippen LogP contribution in [0, 0.1) is 11.3 Å². The fourth-order valence-corrected chi connectivity index (χ4v) is 15.2. The lowest BCUT2D eigenvalue weighted by Crippen LogP contribution is -2.58. The van der Waals surface area contributed by atoms with Crippen LogP contribution in [-0.4, -0.2) is 15.8 Å². The van der Waals surface area contributed by atoms with Gasteiger partial charge in [-0.25, -0.2) is 0 Å². The van der Waals surface area contributed by atoms with Gasteiger partial charge >= 0.3 is 0 Å². The molecule has 2 aromatic heterocycles. The largest absolute Gasteiger partial charge is 0.309 e. The van der Waals surface area contributed by atoms with E-state index in [0.29, 0.717) is 5.56 Å². The van der Waals surface area contributed by atoms with E-state index in [1.165, 1.54) is 101 Å². The number of fused-ring (bicyclic) bond motifs is 12. The third-order valence-electron chi connectivity index (χ3n) is 15.8. The lowest BCUT2D eigenvalue weighted by atomic mass is 9.36. The minimum absolute atomic E-state index is 0.0258. The molecule has 0 radical (unpaired) electrons. The third-order valence-corrected chi connectivity index (χ3v) is 18.1. The normalized spacial score (nSPS) is 12.7. The van der Waals surface area contributed by atoms with Crippen molar-refractivity contribution in [3.8, 4) is 50.8 Å². The number of hydrogen-bond donors (Lipinski definition) is 0. The molecule has 0 spiro atoms. The summed E-state index contributed by atoms with van der Waals surface area (Å²) in [5.41, 5.74) is 18.4. The summed E-state index contributed by atoms with van der Waals surface area (Å²) in [6.07, 6.45) is 0. The van der Waals surface area contributed by atoms with Crippen LogP contribution < -0.4 is 16.4 Å². The minimum Gasteiger partial charge on any atom is -0.309 e. The lowest BCUT2D eigenvalue weighted by Gasteiger charge is -2.34. The fourth-order valence-electron chi connectivity index (χ4n) is 12.7. The van der Waals surface area contributed by atoms with Crippen LogP contribution in [0.3, 0.4) is 0 Å². The molecule has 12 aromatic carbocycles. The topological polar surface area (TPSA) is 33.6 Å². The molecule has 0 aliphatic carbocycles. The Kier molecular flexibility index (Phi) is 9.36. The molecule has 6 heteroatoms. The van der Waals surface area contributed by atoms with Crippen LogP contribution in [0.4, 0.5) is 0 Å². The van der Waals surface area contributed by atoms with Crippen LogP contribution in [-0.2, 0) is 0 Å². The first-order valence-corrected chi connectivity index (χ1v) is 27.1. The second-order valence-corrected chi connectivity index (χ2v) is 22.0. The van der Waals surface area contributed by atoms with E-state index in [9.17, 15) is 5.26 Å². The maximum absolute atomic E-state index is 10.9. The number of benzene rings is 12. The van der Waals surface area contributed by atoms with E-state index in [1.807, 2.05) is 23.5 Å². The zero-order chi connectivity index (χ0) is 49.3. The Morgan fingerprint density at radius 2 is 0.693 bits per heavy atom. The highest BCUT2D eigenvalue weighted by molar-refractivity contribution is 8.01. The van der Waals surface area contributed by atoms with Gasteiger partial charge in [-0.2, -0.15) is 5.26 Å². The zero-order valence-corrected chi connectivity index (χ0v) is 42.0. The summed E-state index contributed by atoms with van der Waals surface area (Å²) in [6, 6.07) is 91.5. The van der Waals surface area contributed by atoms with Crippen molar-refractivity contribution in [1.29, 1.82) is 5.26 Å². The molecule has 2 aliphatic rings. The minimum atomic E-state index is 0.0258. The summed E-state index contributed by atoms with van der Waals surface area (Å²) >= 11 is 3.75. The highest BCUT2D eigenvalue weighted by atomic mass is 32.2. The van der Waals surface area contributed by atoms with E-state index in [2.05, 4.69) is 258 Å². The van der Waals surface area contributed by atoms with Gasteiger partial charge in [-0.3, -0.25) is 0 Å². The van der Waals surface area contributed by atoms with Crippen molar-refractivity contribution in [2.24, 2.45) is 0 Å². The van der Waals surface area contributed by atoms with Crippen LogP contribution in [0.25, 0.3) is 110 Å². The van der Waals surface area contributed by atoms with Gasteiger partial charge in [0, 0.05) is 52.5 Å². The van der Waals surface area contributed by atoms with Crippen LogP contribution >= 0.6 is 23.5 Å². The molecule has 3 nitrogen and oxygen atoms in total. The average molecular weight is 986 g/mol. The van der Waals surface area contributed by atoms with Crippen LogP contribution in [0.15, 0.2) is 262 Å². The molecule has 0 atom stereocenters. The summed E-state index contributed by atoms with van der Waals surface area (Å²) < 4.78 is 4.86. The number of para-hydroxylation sites is 4. The van der Waals surface area contributed by atoms with Crippen LogP contribution in [0.5, 0.6) is 0 Å². The van der Waals surface area contributed by atoms with E-state index in [0.717, 1.165) is 44.4 Å². The second kappa shape index (κ2) is 16.5. The first-order chi connectivity index (χ1) is 37.1. The average Bonchev–Trinajstić information content (AvgIpc) is 3.99. The predicted octanol–water partition coefficient (Wildman–Crippen LogP) is 16.5. The van der Waals surface area contributed by atoms with Crippen molar-refractivity contribution in [3.05, 3.63) is 248 Å². The van der Waals surface area contributed by atoms with Crippen molar-refractivity contribution in [2.75, 3.05) is 0 Å². The molecular weight excluding hydrogens is 946 g/mol. The maximum atomic E-state index is 10.9. The van der Waals surface area contributed by atoms with Crippen molar-refractivity contribution in [2.45, 2.75) is 19.6 Å². The van der Waals surface area contributed by atoms with Gasteiger partial charge in [0.15, 0.2) is 0 Å². The Morgan fingerprint density at radius 3 is 1.13 bits per heavy atom. The highest BCUT2D eigenvalue weighted by Gasteiger charge is 2.39. The van der Waals surface area contributed by atoms with E-state index >= 15 is 0 Å². The molecule has 4 heterocycles. The van der Waals surface area contributed by atoms with Crippen molar-refractivity contribution in [3.63, 3.8) is 0 Å². The smallest absolute Gasteiger partial charge is 0.247 e. The Hall–Kier alpha value is -8.99. The molecule has 346 valence electrons. The number of rotatable bonds is 5. The fraction of sp³-hybridized carbons (Fsp3) is 0. The zero-order valence-electron chi connectivity index (χ0n) is 40.3. The van der Waals surface area contributed by atoms with Gasteiger partial charge < -0.3 is 9.13 Å². The maximum Gasteiger partial charge on any atom is 0.247 e. The van der Waals surface area contributed by atoms with Gasteiger partial charge in [0.25, 0.3) is 0 Å². The van der Waals surface area contributed by atoms with Crippen molar-refractivity contribution < 1.29 is 0 Å². The molecular formula is C69H40BN3S2. The Labute approximate surface area is 442 Å². The summed E-state index contributed by atoms with van der Waals surface area (Å²) in [5, 5.41) is 20.6. The van der Waals surface area contributed by atoms with E-state index in [1.54, 1.807) is 0 Å². The van der Waals surface area contributed by atoms with Gasteiger partial charge in [0.05, 0.1) is 33.7 Å². The van der Waals surface area contributed by atoms with E-state index in [4.69, 9.17) is 0 Å². The molecule has 0 bridgehead atoms. The third kappa shape index (κ3) is 6.39. The summed E-state index contributed by atoms with van der Waals surface area (Å²) in [5.74, 6) is 0. The first kappa shape index (κ1) is 42.5. The summed E-state index contributed by atoms with van der Waals surface area (Å²) in [6.45, 7) is 0.0258.